The van der Waals surface area contributed by atoms with Gasteiger partial charge in [0.25, 0.3) is 0 Å². The van der Waals surface area contributed by atoms with Crippen LogP contribution in [0.1, 0.15) is 11.3 Å². The van der Waals surface area contributed by atoms with Crippen LogP contribution >= 0.6 is 23.4 Å². The zero-order chi connectivity index (χ0) is 16.8. The number of aromatic nitrogens is 4. The first kappa shape index (κ1) is 16.5. The average Bonchev–Trinajstić information content (AvgIpc) is 3.24. The lowest BCUT2D eigenvalue weighted by atomic mass is 10.2. The summed E-state index contributed by atoms with van der Waals surface area (Å²) < 4.78 is 6.86. The van der Waals surface area contributed by atoms with Crippen LogP contribution in [0.3, 0.4) is 0 Å². The molecule has 0 aliphatic carbocycles. The lowest BCUT2D eigenvalue weighted by molar-refractivity contribution is -0.118. The zero-order valence-corrected chi connectivity index (χ0v) is 14.1. The summed E-state index contributed by atoms with van der Waals surface area (Å²) in [5, 5.41) is 15.5. The molecule has 0 aliphatic heterocycles. The van der Waals surface area contributed by atoms with Crippen LogP contribution in [0, 0.1) is 0 Å². The number of thioether (sulfide) groups is 1. The molecule has 1 amide bonds. The van der Waals surface area contributed by atoms with Gasteiger partial charge in [0, 0.05) is 11.6 Å². The van der Waals surface area contributed by atoms with Crippen LogP contribution in [0.15, 0.2) is 52.2 Å². The molecule has 0 bridgehead atoms. The molecular weight excluding hydrogens is 350 g/mol. The molecule has 0 saturated carbocycles. The molecule has 0 aliphatic rings. The largest absolute Gasteiger partial charge is 0.467 e. The average molecular weight is 364 g/mol. The fourth-order valence-electron chi connectivity index (χ4n) is 1.97. The van der Waals surface area contributed by atoms with Crippen LogP contribution in [-0.2, 0) is 17.9 Å². The molecule has 0 atom stereocenters. The van der Waals surface area contributed by atoms with Crippen molar-refractivity contribution in [3.63, 3.8) is 0 Å². The number of halogens is 1. The van der Waals surface area contributed by atoms with Gasteiger partial charge in [0.15, 0.2) is 0 Å². The highest BCUT2D eigenvalue weighted by atomic mass is 35.5. The number of rotatable bonds is 7. The third kappa shape index (κ3) is 4.36. The summed E-state index contributed by atoms with van der Waals surface area (Å²) in [5.41, 5.74) is 0.875. The van der Waals surface area contributed by atoms with E-state index in [4.69, 9.17) is 16.0 Å². The van der Waals surface area contributed by atoms with Crippen molar-refractivity contribution < 1.29 is 9.21 Å². The van der Waals surface area contributed by atoms with E-state index in [1.54, 1.807) is 23.1 Å². The van der Waals surface area contributed by atoms with Crippen LogP contribution in [0.2, 0.25) is 5.02 Å². The Morgan fingerprint density at radius 1 is 1.29 bits per heavy atom. The lowest BCUT2D eigenvalue weighted by Gasteiger charge is -2.06. The van der Waals surface area contributed by atoms with E-state index in [-0.39, 0.29) is 11.7 Å². The number of carbonyl (C=O) groups is 1. The Morgan fingerprint density at radius 2 is 2.17 bits per heavy atom. The van der Waals surface area contributed by atoms with Gasteiger partial charge < -0.3 is 9.73 Å². The fraction of sp³-hybridized carbons (Fsp3) is 0.200. The minimum Gasteiger partial charge on any atom is -0.467 e. The lowest BCUT2D eigenvalue weighted by Crippen LogP contribution is -2.24. The Labute approximate surface area is 147 Å². The predicted molar refractivity (Wildman–Crippen MR) is 89.6 cm³/mol. The topological polar surface area (TPSA) is 85.8 Å². The molecule has 0 unspecified atom stereocenters. The maximum atomic E-state index is 12.0. The van der Waals surface area contributed by atoms with E-state index in [1.165, 1.54) is 11.8 Å². The van der Waals surface area contributed by atoms with Gasteiger partial charge in [-0.05, 0) is 34.2 Å². The van der Waals surface area contributed by atoms with Crippen molar-refractivity contribution in [2.45, 2.75) is 18.2 Å². The molecule has 124 valence electrons. The van der Waals surface area contributed by atoms with Crippen molar-refractivity contribution in [1.82, 2.24) is 25.5 Å². The van der Waals surface area contributed by atoms with E-state index in [9.17, 15) is 4.79 Å². The predicted octanol–water partition coefficient (Wildman–Crippen LogP) is 2.38. The first-order chi connectivity index (χ1) is 11.7. The maximum absolute atomic E-state index is 12.0. The first-order valence-corrected chi connectivity index (χ1v) is 8.50. The van der Waals surface area contributed by atoms with Gasteiger partial charge in [0.2, 0.25) is 11.1 Å². The summed E-state index contributed by atoms with van der Waals surface area (Å²) in [4.78, 5) is 12.0. The first-order valence-electron chi connectivity index (χ1n) is 7.14. The van der Waals surface area contributed by atoms with Gasteiger partial charge in [0.05, 0.1) is 12.0 Å². The third-order valence-electron chi connectivity index (χ3n) is 3.15. The molecule has 1 aromatic carbocycles. The van der Waals surface area contributed by atoms with Gasteiger partial charge >= 0.3 is 0 Å². The summed E-state index contributed by atoms with van der Waals surface area (Å²) in [6, 6.07) is 11.0. The molecule has 3 rings (SSSR count). The normalized spacial score (nSPS) is 10.7. The SMILES string of the molecule is O=C(CSc1nnnn1Cc1ccco1)NCc1ccccc1Cl. The summed E-state index contributed by atoms with van der Waals surface area (Å²) in [7, 11) is 0. The molecule has 3 aromatic rings. The second-order valence-corrected chi connectivity index (χ2v) is 6.20. The molecule has 7 nitrogen and oxygen atoms in total. The number of tetrazole rings is 1. The van der Waals surface area contributed by atoms with Crippen molar-refractivity contribution in [2.75, 3.05) is 5.75 Å². The third-order valence-corrected chi connectivity index (χ3v) is 4.48. The Hall–Kier alpha value is -2.32. The van der Waals surface area contributed by atoms with Gasteiger partial charge in [-0.2, -0.15) is 0 Å². The second-order valence-electron chi connectivity index (χ2n) is 4.86. The minimum absolute atomic E-state index is 0.118. The van der Waals surface area contributed by atoms with Crippen molar-refractivity contribution in [3.8, 4) is 0 Å². The maximum Gasteiger partial charge on any atom is 0.230 e. The Balaban J connectivity index is 1.50. The summed E-state index contributed by atoms with van der Waals surface area (Å²) in [5.74, 6) is 0.836. The molecule has 24 heavy (non-hydrogen) atoms. The highest BCUT2D eigenvalue weighted by Crippen LogP contribution is 2.16. The van der Waals surface area contributed by atoms with Crippen LogP contribution < -0.4 is 5.32 Å². The van der Waals surface area contributed by atoms with E-state index in [1.807, 2.05) is 24.3 Å². The molecule has 0 fully saturated rings. The number of carbonyl (C=O) groups excluding carboxylic acids is 1. The van der Waals surface area contributed by atoms with E-state index in [0.717, 1.165) is 11.3 Å². The van der Waals surface area contributed by atoms with Gasteiger partial charge in [0.1, 0.15) is 12.3 Å². The molecular formula is C15H14ClN5O2S. The Bertz CT molecular complexity index is 806. The molecule has 9 heteroatoms. The van der Waals surface area contributed by atoms with E-state index in [0.29, 0.717) is 23.3 Å². The number of amides is 1. The smallest absolute Gasteiger partial charge is 0.230 e. The fourth-order valence-corrected chi connectivity index (χ4v) is 2.88. The number of hydrogen-bond acceptors (Lipinski definition) is 6. The van der Waals surface area contributed by atoms with Gasteiger partial charge in [-0.15, -0.1) is 5.10 Å². The standard InChI is InChI=1S/C15H14ClN5O2S/c16-13-6-2-1-4-11(13)8-17-14(22)10-24-15-18-19-20-21(15)9-12-5-3-7-23-12/h1-7H,8-10H2,(H,17,22). The van der Waals surface area contributed by atoms with Crippen LogP contribution in [-0.4, -0.2) is 31.9 Å². The molecule has 0 radical (unpaired) electrons. The Morgan fingerprint density at radius 3 is 2.96 bits per heavy atom. The Kier molecular flexibility index (Phi) is 5.50. The number of furan rings is 1. The number of hydrogen-bond donors (Lipinski definition) is 1. The van der Waals surface area contributed by atoms with Gasteiger partial charge in [-0.25, -0.2) is 4.68 Å². The van der Waals surface area contributed by atoms with Gasteiger partial charge in [-0.1, -0.05) is 41.6 Å². The van der Waals surface area contributed by atoms with Crippen LogP contribution in [0.5, 0.6) is 0 Å². The van der Waals surface area contributed by atoms with Crippen molar-refractivity contribution in [1.29, 1.82) is 0 Å². The van der Waals surface area contributed by atoms with E-state index in [2.05, 4.69) is 20.8 Å². The monoisotopic (exact) mass is 363 g/mol. The highest BCUT2D eigenvalue weighted by Gasteiger charge is 2.11. The van der Waals surface area contributed by atoms with Gasteiger partial charge in [-0.3, -0.25) is 4.79 Å². The molecule has 2 heterocycles. The molecule has 0 saturated heterocycles. The number of nitrogens with one attached hydrogen (secondary N) is 1. The van der Waals surface area contributed by atoms with E-state index < -0.39 is 0 Å². The summed E-state index contributed by atoms with van der Waals surface area (Å²) in [6.45, 7) is 0.806. The molecule has 0 spiro atoms. The molecule has 2 aromatic heterocycles. The van der Waals surface area contributed by atoms with Crippen molar-refractivity contribution in [2.24, 2.45) is 0 Å². The van der Waals surface area contributed by atoms with Crippen molar-refractivity contribution >= 4 is 29.3 Å². The van der Waals surface area contributed by atoms with Crippen molar-refractivity contribution in [3.05, 3.63) is 59.0 Å². The van der Waals surface area contributed by atoms with Crippen LogP contribution in [0.4, 0.5) is 0 Å². The zero-order valence-electron chi connectivity index (χ0n) is 12.6. The second kappa shape index (κ2) is 7.98. The number of benzene rings is 1. The minimum atomic E-state index is -0.118. The highest BCUT2D eigenvalue weighted by molar-refractivity contribution is 7.99. The summed E-state index contributed by atoms with van der Waals surface area (Å²) in [6.07, 6.45) is 1.59. The van der Waals surface area contributed by atoms with Crippen LogP contribution in [0.25, 0.3) is 0 Å². The van der Waals surface area contributed by atoms with E-state index >= 15 is 0 Å². The molecule has 1 N–H and O–H groups in total. The number of nitrogens with zero attached hydrogens (tertiary/aromatic N) is 4. The quantitative estimate of drug-likeness (QED) is 0.648. The summed E-state index contributed by atoms with van der Waals surface area (Å²) >= 11 is 7.32.